The Bertz CT molecular complexity index is 467. The molecule has 0 atom stereocenters. The Balaban J connectivity index is 2.17. The van der Waals surface area contributed by atoms with Crippen molar-refractivity contribution in [2.45, 2.75) is 12.8 Å². The van der Waals surface area contributed by atoms with Crippen molar-refractivity contribution in [1.82, 2.24) is 21.2 Å². The van der Waals surface area contributed by atoms with Crippen molar-refractivity contribution >= 4 is 29.2 Å². The molecule has 0 saturated carbocycles. The molecule has 0 aliphatic rings. The van der Waals surface area contributed by atoms with Gasteiger partial charge in [-0.15, -0.1) is 0 Å². The third-order valence-electron chi connectivity index (χ3n) is 2.26. The van der Waals surface area contributed by atoms with Crippen LogP contribution in [0.25, 0.3) is 0 Å². The van der Waals surface area contributed by atoms with Crippen molar-refractivity contribution in [2.24, 2.45) is 0 Å². The van der Waals surface area contributed by atoms with E-state index >= 15 is 0 Å². The number of ether oxygens (including phenoxy) is 1. The molecule has 8 heteroatoms. The minimum atomic E-state index is -0.385. The highest BCUT2D eigenvalue weighted by molar-refractivity contribution is 7.80. The molecule has 0 unspecified atom stereocenters. The fourth-order valence-electron chi connectivity index (χ4n) is 1.26. The molecular formula is C12H16N4O3S. The van der Waals surface area contributed by atoms with E-state index in [2.05, 4.69) is 25.9 Å². The number of aromatic nitrogens is 1. The number of carbonyl (C=O) groups is 2. The number of nitrogens with zero attached hydrogens (tertiary/aromatic N) is 1. The van der Waals surface area contributed by atoms with E-state index in [4.69, 9.17) is 12.2 Å². The number of nitrogens with one attached hydrogen (secondary N) is 3. The highest BCUT2D eigenvalue weighted by Gasteiger charge is 2.06. The number of rotatable bonds is 5. The Morgan fingerprint density at radius 3 is 2.80 bits per heavy atom. The van der Waals surface area contributed by atoms with Crippen molar-refractivity contribution in [1.29, 1.82) is 0 Å². The van der Waals surface area contributed by atoms with Crippen molar-refractivity contribution in [3.8, 4) is 0 Å². The summed E-state index contributed by atoms with van der Waals surface area (Å²) >= 11 is 4.96. The van der Waals surface area contributed by atoms with Crippen molar-refractivity contribution in [3.63, 3.8) is 0 Å². The van der Waals surface area contributed by atoms with Crippen LogP contribution in [0.5, 0.6) is 0 Å². The van der Waals surface area contributed by atoms with Crippen molar-refractivity contribution < 1.29 is 14.3 Å². The molecule has 0 bridgehead atoms. The number of methoxy groups -OCH3 is 1. The number of thiocarbonyl (C=S) groups is 1. The maximum atomic E-state index is 11.6. The summed E-state index contributed by atoms with van der Waals surface area (Å²) in [7, 11) is 1.34. The van der Waals surface area contributed by atoms with Crippen LogP contribution in [-0.2, 0) is 9.53 Å². The first kappa shape index (κ1) is 15.8. The van der Waals surface area contributed by atoms with Crippen LogP contribution in [0.3, 0.4) is 0 Å². The first-order valence-corrected chi connectivity index (χ1v) is 6.36. The van der Waals surface area contributed by atoms with Gasteiger partial charge >= 0.3 is 5.97 Å². The molecular weight excluding hydrogens is 280 g/mol. The summed E-state index contributed by atoms with van der Waals surface area (Å²) in [6, 6.07) is 5.02. The van der Waals surface area contributed by atoms with E-state index < -0.39 is 0 Å². The Hall–Kier alpha value is -2.22. The molecule has 0 aliphatic carbocycles. The Kier molecular flexibility index (Phi) is 6.97. The van der Waals surface area contributed by atoms with Gasteiger partial charge in [-0.2, -0.15) is 0 Å². The van der Waals surface area contributed by atoms with Gasteiger partial charge in [0.05, 0.1) is 7.11 Å². The van der Waals surface area contributed by atoms with Crippen LogP contribution in [0.15, 0.2) is 24.4 Å². The van der Waals surface area contributed by atoms with Crippen LogP contribution in [0.2, 0.25) is 0 Å². The highest BCUT2D eigenvalue weighted by atomic mass is 32.1. The lowest BCUT2D eigenvalue weighted by atomic mass is 10.3. The molecule has 0 aromatic carbocycles. The second-order valence-electron chi connectivity index (χ2n) is 3.73. The van der Waals surface area contributed by atoms with Crippen LogP contribution < -0.4 is 16.2 Å². The van der Waals surface area contributed by atoms with E-state index in [1.807, 2.05) is 0 Å². The molecule has 3 N–H and O–H groups in total. The van der Waals surface area contributed by atoms with Gasteiger partial charge in [-0.05, 0) is 30.8 Å². The van der Waals surface area contributed by atoms with Gasteiger partial charge in [-0.1, -0.05) is 6.07 Å². The minimum Gasteiger partial charge on any atom is -0.469 e. The lowest BCUT2D eigenvalue weighted by Gasteiger charge is -2.10. The van der Waals surface area contributed by atoms with Gasteiger partial charge in [0.25, 0.3) is 5.91 Å². The van der Waals surface area contributed by atoms with Gasteiger partial charge < -0.3 is 10.1 Å². The van der Waals surface area contributed by atoms with Gasteiger partial charge in [-0.25, -0.2) is 0 Å². The summed E-state index contributed by atoms with van der Waals surface area (Å²) in [6.07, 6.45) is 2.42. The SMILES string of the molecule is COC(=O)CCCNC(=S)NNC(=O)c1ccccn1. The minimum absolute atomic E-state index is 0.263. The third-order valence-corrected chi connectivity index (χ3v) is 2.50. The molecule has 108 valence electrons. The molecule has 1 heterocycles. The number of pyridine rings is 1. The highest BCUT2D eigenvalue weighted by Crippen LogP contribution is 1.91. The lowest BCUT2D eigenvalue weighted by Crippen LogP contribution is -2.47. The second kappa shape index (κ2) is 8.81. The quantitative estimate of drug-likeness (QED) is 0.308. The van der Waals surface area contributed by atoms with Gasteiger partial charge in [0, 0.05) is 19.2 Å². The molecule has 0 saturated heterocycles. The summed E-state index contributed by atoms with van der Waals surface area (Å²) in [6.45, 7) is 0.500. The fourth-order valence-corrected chi connectivity index (χ4v) is 1.41. The molecule has 1 amide bonds. The molecule has 0 spiro atoms. The van der Waals surface area contributed by atoms with Crippen LogP contribution in [-0.4, -0.2) is 35.6 Å². The van der Waals surface area contributed by atoms with E-state index in [-0.39, 0.29) is 22.7 Å². The Morgan fingerprint density at radius 2 is 2.15 bits per heavy atom. The summed E-state index contributed by atoms with van der Waals surface area (Å²) in [5.74, 6) is -0.654. The van der Waals surface area contributed by atoms with Gasteiger partial charge in [0.2, 0.25) is 0 Å². The number of amides is 1. The van der Waals surface area contributed by atoms with Gasteiger partial charge in [0.15, 0.2) is 5.11 Å². The molecule has 20 heavy (non-hydrogen) atoms. The molecule has 1 aromatic rings. The average Bonchev–Trinajstić information content (AvgIpc) is 2.49. The monoisotopic (exact) mass is 296 g/mol. The zero-order valence-electron chi connectivity index (χ0n) is 11.0. The summed E-state index contributed by atoms with van der Waals surface area (Å²) < 4.78 is 4.51. The zero-order valence-corrected chi connectivity index (χ0v) is 11.8. The first-order chi connectivity index (χ1) is 9.63. The average molecular weight is 296 g/mol. The molecule has 7 nitrogen and oxygen atoms in total. The van der Waals surface area contributed by atoms with E-state index in [0.29, 0.717) is 19.4 Å². The predicted octanol–water partition coefficient (Wildman–Crippen LogP) is 0.144. The zero-order chi connectivity index (χ0) is 14.8. The number of carbonyl (C=O) groups excluding carboxylic acids is 2. The number of hydrogen-bond donors (Lipinski definition) is 3. The van der Waals surface area contributed by atoms with E-state index in [9.17, 15) is 9.59 Å². The summed E-state index contributed by atoms with van der Waals surface area (Å²) in [5, 5.41) is 3.11. The summed E-state index contributed by atoms with van der Waals surface area (Å²) in [5.41, 5.74) is 5.25. The maximum absolute atomic E-state index is 11.6. The number of esters is 1. The molecule has 0 aliphatic heterocycles. The maximum Gasteiger partial charge on any atom is 0.305 e. The van der Waals surface area contributed by atoms with Crippen LogP contribution in [0.4, 0.5) is 0 Å². The second-order valence-corrected chi connectivity index (χ2v) is 4.14. The smallest absolute Gasteiger partial charge is 0.305 e. The van der Waals surface area contributed by atoms with E-state index in [1.54, 1.807) is 18.2 Å². The summed E-state index contributed by atoms with van der Waals surface area (Å²) in [4.78, 5) is 26.4. The van der Waals surface area contributed by atoms with Gasteiger partial charge in [-0.3, -0.25) is 25.4 Å². The van der Waals surface area contributed by atoms with Crippen LogP contribution >= 0.6 is 12.2 Å². The molecule has 1 rings (SSSR count). The largest absolute Gasteiger partial charge is 0.469 e. The standard InChI is InChI=1S/C12H16N4O3S/c1-19-10(17)6-4-8-14-12(20)16-15-11(18)9-5-2-3-7-13-9/h2-3,5,7H,4,6,8H2,1H3,(H,15,18)(H2,14,16,20). The molecule has 1 aromatic heterocycles. The fraction of sp³-hybridized carbons (Fsp3) is 0.333. The Labute approximate surface area is 122 Å². The third kappa shape index (κ3) is 6.10. The normalized spacial score (nSPS) is 9.45. The molecule has 0 fully saturated rings. The van der Waals surface area contributed by atoms with Crippen LogP contribution in [0, 0.1) is 0 Å². The first-order valence-electron chi connectivity index (χ1n) is 5.95. The predicted molar refractivity (Wildman–Crippen MR) is 76.7 cm³/mol. The molecule has 0 radical (unpaired) electrons. The van der Waals surface area contributed by atoms with E-state index in [0.717, 1.165) is 0 Å². The van der Waals surface area contributed by atoms with Crippen molar-refractivity contribution in [2.75, 3.05) is 13.7 Å². The van der Waals surface area contributed by atoms with Gasteiger partial charge in [0.1, 0.15) is 5.69 Å². The van der Waals surface area contributed by atoms with E-state index in [1.165, 1.54) is 13.3 Å². The Morgan fingerprint density at radius 1 is 1.35 bits per heavy atom. The van der Waals surface area contributed by atoms with Crippen molar-refractivity contribution in [3.05, 3.63) is 30.1 Å². The number of hydrazine groups is 1. The van der Waals surface area contributed by atoms with Crippen LogP contribution in [0.1, 0.15) is 23.3 Å². The number of hydrogen-bond acceptors (Lipinski definition) is 5. The lowest BCUT2D eigenvalue weighted by molar-refractivity contribution is -0.140. The topological polar surface area (TPSA) is 92.4 Å².